The van der Waals surface area contributed by atoms with Crippen LogP contribution in [0.2, 0.25) is 0 Å². The third kappa shape index (κ3) is 4.79. The molecule has 0 radical (unpaired) electrons. The summed E-state index contributed by atoms with van der Waals surface area (Å²) in [6.45, 7) is 2.93. The molecule has 2 aromatic rings. The molecule has 9 heteroatoms. The van der Waals surface area contributed by atoms with Gasteiger partial charge in [0, 0.05) is 12.7 Å². The Bertz CT molecular complexity index is 905. The van der Waals surface area contributed by atoms with Crippen molar-refractivity contribution in [3.63, 3.8) is 0 Å². The number of nitrogens with one attached hydrogen (secondary N) is 1. The van der Waals surface area contributed by atoms with Gasteiger partial charge in [-0.05, 0) is 37.8 Å². The van der Waals surface area contributed by atoms with Crippen molar-refractivity contribution in [3.05, 3.63) is 41.6 Å². The summed E-state index contributed by atoms with van der Waals surface area (Å²) in [5.74, 6) is 0.440. The summed E-state index contributed by atoms with van der Waals surface area (Å²) in [6.07, 6.45) is 4.13. The first kappa shape index (κ1) is 21.4. The highest BCUT2D eigenvalue weighted by Crippen LogP contribution is 2.24. The highest BCUT2D eigenvalue weighted by atomic mass is 16.6. The molecule has 3 N–H and O–H groups in total. The Morgan fingerprint density at radius 2 is 2.07 bits per heavy atom. The largest absolute Gasteiger partial charge is 0.496 e. The van der Waals surface area contributed by atoms with E-state index in [1.54, 1.807) is 29.2 Å². The van der Waals surface area contributed by atoms with Gasteiger partial charge in [0.1, 0.15) is 17.7 Å². The highest BCUT2D eigenvalue weighted by Gasteiger charge is 2.28. The molecule has 0 saturated carbocycles. The number of hydrogen-bond donors (Lipinski definition) is 2. The number of rotatable bonds is 7. The minimum absolute atomic E-state index is 0.0549. The van der Waals surface area contributed by atoms with E-state index in [9.17, 15) is 9.59 Å². The number of likely N-dealkylation sites (tertiary alicyclic amines) is 1. The smallest absolute Gasteiger partial charge is 0.411 e. The predicted octanol–water partition coefficient (Wildman–Crippen LogP) is 3.07. The topological polar surface area (TPSA) is 120 Å². The average molecular weight is 413 g/mol. The lowest BCUT2D eigenvalue weighted by atomic mass is 10.0. The van der Waals surface area contributed by atoms with Crippen LogP contribution in [0, 0.1) is 0 Å². The maximum absolute atomic E-state index is 12.9. The van der Waals surface area contributed by atoms with Gasteiger partial charge in [0.05, 0.1) is 24.8 Å². The fraction of sp³-hybridized carbons (Fsp3) is 0.429. The van der Waals surface area contributed by atoms with Gasteiger partial charge in [-0.2, -0.15) is 4.98 Å². The van der Waals surface area contributed by atoms with E-state index in [0.717, 1.165) is 25.7 Å². The number of amides is 1. The second-order valence-electron chi connectivity index (χ2n) is 6.99. The van der Waals surface area contributed by atoms with Crippen molar-refractivity contribution in [2.45, 2.75) is 38.8 Å². The van der Waals surface area contributed by atoms with Gasteiger partial charge in [0.2, 0.25) is 11.7 Å². The zero-order valence-corrected chi connectivity index (χ0v) is 17.3. The van der Waals surface area contributed by atoms with Crippen molar-refractivity contribution < 1.29 is 19.1 Å². The van der Waals surface area contributed by atoms with Gasteiger partial charge < -0.3 is 20.5 Å². The third-order valence-electron chi connectivity index (χ3n) is 4.88. The minimum Gasteiger partial charge on any atom is -0.496 e. The molecule has 1 aromatic carbocycles. The Balaban J connectivity index is 1.76. The molecular formula is C21H27N5O4. The maximum Gasteiger partial charge on any atom is 0.411 e. The zero-order valence-electron chi connectivity index (χ0n) is 17.3. The van der Waals surface area contributed by atoms with Crippen LogP contribution in [0.4, 0.5) is 16.6 Å². The summed E-state index contributed by atoms with van der Waals surface area (Å²) in [4.78, 5) is 35.3. The molecule has 1 aromatic heterocycles. The fourth-order valence-electron chi connectivity index (χ4n) is 3.34. The van der Waals surface area contributed by atoms with Crippen LogP contribution in [-0.2, 0) is 4.74 Å². The zero-order chi connectivity index (χ0) is 21.5. The molecular weight excluding hydrogens is 386 g/mol. The second-order valence-corrected chi connectivity index (χ2v) is 6.99. The standard InChI is InChI=1S/C21H27N5O4/c1-3-12-30-21(28)26-11-7-6-10-17(26)24-20-23-13-15(19(22)25-20)18(27)14-8-4-5-9-16(14)29-2/h4-5,8-9,13,17H,3,6-7,10-12H2,1-2H3,(H3,22,23,24,25). The lowest BCUT2D eigenvalue weighted by molar-refractivity contribution is 0.0791. The number of nitrogens with two attached hydrogens (primary N) is 1. The number of ether oxygens (including phenoxy) is 2. The van der Waals surface area contributed by atoms with Crippen molar-refractivity contribution in [1.29, 1.82) is 0 Å². The Morgan fingerprint density at radius 3 is 2.80 bits per heavy atom. The number of nitrogen functional groups attached to an aromatic ring is 1. The van der Waals surface area contributed by atoms with Crippen molar-refractivity contribution in [3.8, 4) is 5.75 Å². The number of hydrogen-bond acceptors (Lipinski definition) is 8. The van der Waals surface area contributed by atoms with Gasteiger partial charge in [-0.3, -0.25) is 9.69 Å². The first-order chi connectivity index (χ1) is 14.5. The van der Waals surface area contributed by atoms with Crippen LogP contribution < -0.4 is 15.8 Å². The number of para-hydroxylation sites is 1. The van der Waals surface area contributed by atoms with Crippen molar-refractivity contribution in [2.75, 3.05) is 31.3 Å². The number of methoxy groups -OCH3 is 1. The predicted molar refractivity (Wildman–Crippen MR) is 112 cm³/mol. The fourth-order valence-corrected chi connectivity index (χ4v) is 3.34. The van der Waals surface area contributed by atoms with Crippen LogP contribution >= 0.6 is 0 Å². The highest BCUT2D eigenvalue weighted by molar-refractivity contribution is 6.13. The average Bonchev–Trinajstić information content (AvgIpc) is 2.77. The van der Waals surface area contributed by atoms with Crippen LogP contribution in [0.3, 0.4) is 0 Å². The number of benzene rings is 1. The molecule has 9 nitrogen and oxygen atoms in total. The summed E-state index contributed by atoms with van der Waals surface area (Å²) in [6, 6.07) is 6.89. The van der Waals surface area contributed by atoms with E-state index in [0.29, 0.717) is 24.5 Å². The molecule has 3 rings (SSSR count). The first-order valence-corrected chi connectivity index (χ1v) is 10.0. The van der Waals surface area contributed by atoms with E-state index >= 15 is 0 Å². The monoisotopic (exact) mass is 413 g/mol. The maximum atomic E-state index is 12.9. The molecule has 160 valence electrons. The van der Waals surface area contributed by atoms with E-state index < -0.39 is 0 Å². The van der Waals surface area contributed by atoms with Gasteiger partial charge in [0.25, 0.3) is 0 Å². The van der Waals surface area contributed by atoms with E-state index in [-0.39, 0.29) is 35.4 Å². The number of carbonyl (C=O) groups excluding carboxylic acids is 2. The lowest BCUT2D eigenvalue weighted by Crippen LogP contribution is -2.48. The van der Waals surface area contributed by atoms with Crippen LogP contribution in [-0.4, -0.2) is 53.2 Å². The summed E-state index contributed by atoms with van der Waals surface area (Å²) in [5.41, 5.74) is 6.63. The molecule has 0 spiro atoms. The van der Waals surface area contributed by atoms with Gasteiger partial charge in [-0.15, -0.1) is 0 Å². The number of nitrogens with zero attached hydrogens (tertiary/aromatic N) is 3. The minimum atomic E-state index is -0.356. The second kappa shape index (κ2) is 9.91. The molecule has 1 unspecified atom stereocenters. The normalized spacial score (nSPS) is 16.1. The SMILES string of the molecule is CCCOC(=O)N1CCCCC1Nc1ncc(C(=O)c2ccccc2OC)c(N)n1. The summed E-state index contributed by atoms with van der Waals surface area (Å²) in [7, 11) is 1.50. The summed E-state index contributed by atoms with van der Waals surface area (Å²) < 4.78 is 10.5. The quantitative estimate of drug-likeness (QED) is 0.665. The number of piperidine rings is 1. The Hall–Kier alpha value is -3.36. The molecule has 1 aliphatic rings. The molecule has 1 atom stereocenters. The van der Waals surface area contributed by atoms with E-state index in [1.165, 1.54) is 13.3 Å². The van der Waals surface area contributed by atoms with Crippen molar-refractivity contribution >= 4 is 23.6 Å². The number of carbonyl (C=O) groups is 2. The van der Waals surface area contributed by atoms with E-state index in [4.69, 9.17) is 15.2 Å². The molecule has 1 fully saturated rings. The van der Waals surface area contributed by atoms with Gasteiger partial charge in [-0.25, -0.2) is 9.78 Å². The van der Waals surface area contributed by atoms with Crippen molar-refractivity contribution in [1.82, 2.24) is 14.9 Å². The summed E-state index contributed by atoms with van der Waals surface area (Å²) in [5, 5.41) is 3.14. The van der Waals surface area contributed by atoms with Crippen LogP contribution in [0.1, 0.15) is 48.5 Å². The molecule has 30 heavy (non-hydrogen) atoms. The number of aromatic nitrogens is 2. The molecule has 1 aliphatic heterocycles. The first-order valence-electron chi connectivity index (χ1n) is 10.0. The van der Waals surface area contributed by atoms with Gasteiger partial charge in [0.15, 0.2) is 0 Å². The van der Waals surface area contributed by atoms with Crippen LogP contribution in [0.5, 0.6) is 5.75 Å². The molecule has 0 bridgehead atoms. The number of anilines is 2. The Labute approximate surface area is 175 Å². The van der Waals surface area contributed by atoms with E-state index in [1.807, 2.05) is 6.92 Å². The third-order valence-corrected chi connectivity index (χ3v) is 4.88. The van der Waals surface area contributed by atoms with Gasteiger partial charge >= 0.3 is 6.09 Å². The molecule has 1 saturated heterocycles. The molecule has 1 amide bonds. The molecule has 0 aliphatic carbocycles. The molecule has 2 heterocycles. The van der Waals surface area contributed by atoms with Gasteiger partial charge in [-0.1, -0.05) is 19.1 Å². The lowest BCUT2D eigenvalue weighted by Gasteiger charge is -2.35. The Kier molecular flexibility index (Phi) is 7.05. The summed E-state index contributed by atoms with van der Waals surface area (Å²) >= 11 is 0. The number of ketones is 1. The van der Waals surface area contributed by atoms with Crippen LogP contribution in [0.25, 0.3) is 0 Å². The van der Waals surface area contributed by atoms with Crippen LogP contribution in [0.15, 0.2) is 30.5 Å². The van der Waals surface area contributed by atoms with Crippen molar-refractivity contribution in [2.24, 2.45) is 0 Å². The Morgan fingerprint density at radius 1 is 1.27 bits per heavy atom. The van der Waals surface area contributed by atoms with E-state index in [2.05, 4.69) is 15.3 Å².